The first-order valence-electron chi connectivity index (χ1n) is 5.15. The Morgan fingerprint density at radius 3 is 2.83 bits per heavy atom. The zero-order valence-corrected chi connectivity index (χ0v) is 10.6. The Labute approximate surface area is 108 Å². The first-order chi connectivity index (χ1) is 8.54. The summed E-state index contributed by atoms with van der Waals surface area (Å²) < 4.78 is 5.11. The molecular weight excluding hydrogens is 258 g/mol. The van der Waals surface area contributed by atoms with E-state index in [1.807, 2.05) is 0 Å². The summed E-state index contributed by atoms with van der Waals surface area (Å²) in [4.78, 5) is 20.5. The molecule has 0 saturated heterocycles. The van der Waals surface area contributed by atoms with Crippen molar-refractivity contribution in [3.63, 3.8) is 0 Å². The number of benzene rings is 1. The van der Waals surface area contributed by atoms with Crippen molar-refractivity contribution in [2.45, 2.75) is 12.2 Å². The van der Waals surface area contributed by atoms with Gasteiger partial charge in [-0.3, -0.25) is 14.9 Å². The minimum Gasteiger partial charge on any atom is -0.496 e. The average molecular weight is 271 g/mol. The number of methoxy groups -OCH3 is 1. The molecule has 0 aliphatic heterocycles. The van der Waals surface area contributed by atoms with E-state index in [0.29, 0.717) is 22.8 Å². The van der Waals surface area contributed by atoms with Crippen molar-refractivity contribution in [3.8, 4) is 5.75 Å². The lowest BCUT2D eigenvalue weighted by Crippen LogP contribution is -1.97. The highest BCUT2D eigenvalue weighted by Crippen LogP contribution is 2.27. The van der Waals surface area contributed by atoms with E-state index in [-0.39, 0.29) is 12.1 Å². The lowest BCUT2D eigenvalue weighted by Gasteiger charge is -2.07. The summed E-state index contributed by atoms with van der Waals surface area (Å²) in [5.41, 5.74) is 0.701. The van der Waals surface area contributed by atoms with Crippen molar-refractivity contribution >= 4 is 23.4 Å². The molecule has 0 heterocycles. The van der Waals surface area contributed by atoms with Gasteiger partial charge in [0, 0.05) is 29.2 Å². The van der Waals surface area contributed by atoms with Crippen LogP contribution in [0.15, 0.2) is 18.2 Å². The predicted octanol–water partition coefficient (Wildman–Crippen LogP) is 2.31. The summed E-state index contributed by atoms with van der Waals surface area (Å²) in [7, 11) is 1.49. The normalized spacial score (nSPS) is 10.1. The maximum Gasteiger partial charge on any atom is 0.304 e. The van der Waals surface area contributed by atoms with E-state index in [1.165, 1.54) is 31.0 Å². The van der Waals surface area contributed by atoms with Gasteiger partial charge in [0.05, 0.1) is 18.5 Å². The summed E-state index contributed by atoms with van der Waals surface area (Å²) in [6, 6.07) is 4.38. The third-order valence-electron chi connectivity index (χ3n) is 2.19. The van der Waals surface area contributed by atoms with Gasteiger partial charge >= 0.3 is 5.97 Å². The molecule has 1 aromatic rings. The summed E-state index contributed by atoms with van der Waals surface area (Å²) in [5.74, 6) is 0.663. The van der Waals surface area contributed by atoms with E-state index in [1.54, 1.807) is 6.07 Å². The third-order valence-corrected chi connectivity index (χ3v) is 3.20. The van der Waals surface area contributed by atoms with Crippen LogP contribution in [0.4, 0.5) is 5.69 Å². The molecule has 18 heavy (non-hydrogen) atoms. The number of carbonyl (C=O) groups is 1. The summed E-state index contributed by atoms with van der Waals surface area (Å²) in [6.07, 6.45) is 0.0713. The van der Waals surface area contributed by atoms with Crippen LogP contribution in [0.3, 0.4) is 0 Å². The van der Waals surface area contributed by atoms with Crippen molar-refractivity contribution in [1.29, 1.82) is 0 Å². The summed E-state index contributed by atoms with van der Waals surface area (Å²) in [6.45, 7) is 0. The van der Waals surface area contributed by atoms with Crippen LogP contribution in [0, 0.1) is 10.1 Å². The Morgan fingerprint density at radius 1 is 1.56 bits per heavy atom. The smallest absolute Gasteiger partial charge is 0.304 e. The molecule has 6 nitrogen and oxygen atoms in total. The van der Waals surface area contributed by atoms with Gasteiger partial charge in [0.25, 0.3) is 5.69 Å². The Bertz CT molecular complexity index is 449. The molecule has 0 spiro atoms. The standard InChI is InChI=1S/C11H13NO5S/c1-17-10-3-2-9(12(15)16)6-8(10)7-18-5-4-11(13)14/h2-3,6H,4-5,7H2,1H3,(H,13,14). The molecule has 1 rings (SSSR count). The van der Waals surface area contributed by atoms with E-state index >= 15 is 0 Å². The Kier molecular flexibility index (Phi) is 5.44. The molecular formula is C11H13NO5S. The van der Waals surface area contributed by atoms with Gasteiger partial charge in [0.1, 0.15) is 5.75 Å². The fourth-order valence-electron chi connectivity index (χ4n) is 1.33. The zero-order valence-electron chi connectivity index (χ0n) is 9.79. The van der Waals surface area contributed by atoms with Gasteiger partial charge in [-0.15, -0.1) is 0 Å². The largest absolute Gasteiger partial charge is 0.496 e. The Morgan fingerprint density at radius 2 is 2.28 bits per heavy atom. The Balaban J connectivity index is 2.69. The number of rotatable bonds is 7. The first-order valence-corrected chi connectivity index (χ1v) is 6.31. The molecule has 0 unspecified atom stereocenters. The van der Waals surface area contributed by atoms with Gasteiger partial charge in [-0.2, -0.15) is 11.8 Å². The van der Waals surface area contributed by atoms with Crippen LogP contribution in [0.5, 0.6) is 5.75 Å². The van der Waals surface area contributed by atoms with Crippen LogP contribution in [0.2, 0.25) is 0 Å². The topological polar surface area (TPSA) is 89.7 Å². The van der Waals surface area contributed by atoms with Crippen LogP contribution >= 0.6 is 11.8 Å². The number of non-ortho nitro benzene ring substituents is 1. The maximum atomic E-state index is 10.7. The average Bonchev–Trinajstić information content (AvgIpc) is 2.34. The summed E-state index contributed by atoms with van der Waals surface area (Å²) in [5, 5.41) is 19.2. The van der Waals surface area contributed by atoms with Gasteiger partial charge in [-0.1, -0.05) is 0 Å². The second kappa shape index (κ2) is 6.85. The minimum absolute atomic E-state index is 0.00429. The third kappa shape index (κ3) is 4.25. The number of carboxylic acid groups (broad SMARTS) is 1. The van der Waals surface area contributed by atoms with E-state index in [4.69, 9.17) is 9.84 Å². The monoisotopic (exact) mass is 271 g/mol. The van der Waals surface area contributed by atoms with Crippen molar-refractivity contribution in [3.05, 3.63) is 33.9 Å². The van der Waals surface area contributed by atoms with Gasteiger partial charge in [-0.25, -0.2) is 0 Å². The summed E-state index contributed by atoms with van der Waals surface area (Å²) >= 11 is 1.40. The van der Waals surface area contributed by atoms with E-state index in [9.17, 15) is 14.9 Å². The molecule has 0 radical (unpaired) electrons. The highest BCUT2D eigenvalue weighted by molar-refractivity contribution is 7.98. The van der Waals surface area contributed by atoms with Crippen molar-refractivity contribution in [2.24, 2.45) is 0 Å². The van der Waals surface area contributed by atoms with Gasteiger partial charge in [0.15, 0.2) is 0 Å². The number of thioether (sulfide) groups is 1. The second-order valence-electron chi connectivity index (χ2n) is 3.45. The molecule has 0 bridgehead atoms. The molecule has 0 amide bonds. The molecule has 0 atom stereocenters. The maximum absolute atomic E-state index is 10.7. The molecule has 0 fully saturated rings. The van der Waals surface area contributed by atoms with Gasteiger partial charge in [-0.05, 0) is 6.07 Å². The van der Waals surface area contributed by atoms with Crippen LogP contribution in [0.1, 0.15) is 12.0 Å². The Hall–Kier alpha value is -1.76. The second-order valence-corrected chi connectivity index (χ2v) is 4.55. The predicted molar refractivity (Wildman–Crippen MR) is 68.1 cm³/mol. The number of hydrogen-bond donors (Lipinski definition) is 1. The van der Waals surface area contributed by atoms with Gasteiger partial charge < -0.3 is 9.84 Å². The quantitative estimate of drug-likeness (QED) is 0.465. The number of carboxylic acids is 1. The molecule has 1 aromatic carbocycles. The molecule has 0 saturated carbocycles. The van der Waals surface area contributed by atoms with Crippen molar-refractivity contribution < 1.29 is 19.6 Å². The molecule has 98 valence electrons. The fraction of sp³-hybridized carbons (Fsp3) is 0.364. The van der Waals surface area contributed by atoms with E-state index in [0.717, 1.165) is 0 Å². The molecule has 7 heteroatoms. The molecule has 1 N–H and O–H groups in total. The lowest BCUT2D eigenvalue weighted by molar-refractivity contribution is -0.384. The first kappa shape index (κ1) is 14.3. The molecule has 0 aliphatic carbocycles. The number of nitro benzene ring substituents is 1. The zero-order chi connectivity index (χ0) is 13.5. The van der Waals surface area contributed by atoms with E-state index in [2.05, 4.69) is 0 Å². The number of nitro groups is 1. The molecule has 0 aromatic heterocycles. The lowest BCUT2D eigenvalue weighted by atomic mass is 10.2. The highest BCUT2D eigenvalue weighted by Gasteiger charge is 2.11. The molecule has 0 aliphatic rings. The minimum atomic E-state index is -0.853. The van der Waals surface area contributed by atoms with Gasteiger partial charge in [0.2, 0.25) is 0 Å². The van der Waals surface area contributed by atoms with Crippen molar-refractivity contribution in [1.82, 2.24) is 0 Å². The highest BCUT2D eigenvalue weighted by atomic mass is 32.2. The number of hydrogen-bond acceptors (Lipinski definition) is 5. The van der Waals surface area contributed by atoms with Crippen LogP contribution < -0.4 is 4.74 Å². The van der Waals surface area contributed by atoms with Crippen LogP contribution in [-0.4, -0.2) is 28.9 Å². The van der Waals surface area contributed by atoms with Crippen molar-refractivity contribution in [2.75, 3.05) is 12.9 Å². The number of aliphatic carboxylic acids is 1. The fourth-order valence-corrected chi connectivity index (χ4v) is 2.24. The number of nitrogens with zero attached hydrogens (tertiary/aromatic N) is 1. The SMILES string of the molecule is COc1ccc([N+](=O)[O-])cc1CSCCC(=O)O. The van der Waals surface area contributed by atoms with Crippen LogP contribution in [0.25, 0.3) is 0 Å². The number of ether oxygens (including phenoxy) is 1. The van der Waals surface area contributed by atoms with E-state index < -0.39 is 10.9 Å². The van der Waals surface area contributed by atoms with Crippen LogP contribution in [-0.2, 0) is 10.5 Å².